The number of thiazole rings is 1. The highest BCUT2D eigenvalue weighted by Crippen LogP contribution is 2.29. The molecule has 34 heavy (non-hydrogen) atoms. The van der Waals surface area contributed by atoms with Crippen LogP contribution in [0.3, 0.4) is 0 Å². The molecule has 1 aromatic heterocycles. The van der Waals surface area contributed by atoms with Gasteiger partial charge in [-0.15, -0.1) is 0 Å². The molecule has 3 aromatic carbocycles. The van der Waals surface area contributed by atoms with E-state index in [9.17, 15) is 13.2 Å². The molecule has 8 heteroatoms. The molecule has 1 aliphatic heterocycles. The number of fused-ring (bicyclic) bond motifs is 1. The van der Waals surface area contributed by atoms with Gasteiger partial charge in [0.1, 0.15) is 0 Å². The van der Waals surface area contributed by atoms with E-state index in [0.717, 1.165) is 16.3 Å². The van der Waals surface area contributed by atoms with Gasteiger partial charge in [0.15, 0.2) is 5.13 Å². The van der Waals surface area contributed by atoms with E-state index in [1.54, 1.807) is 22.6 Å². The molecular formula is C26H25N3O3S2. The molecule has 0 atom stereocenters. The van der Waals surface area contributed by atoms with Crippen molar-refractivity contribution in [3.05, 3.63) is 88.9 Å². The maximum Gasteiger partial charge on any atom is 0.243 e. The number of nitrogens with zero attached hydrogens (tertiary/aromatic N) is 2. The van der Waals surface area contributed by atoms with E-state index in [0.29, 0.717) is 46.4 Å². The van der Waals surface area contributed by atoms with E-state index in [-0.39, 0.29) is 11.8 Å². The fraction of sp³-hybridized carbons (Fsp3) is 0.231. The van der Waals surface area contributed by atoms with Gasteiger partial charge in [-0.3, -0.25) is 4.79 Å². The third-order valence-electron chi connectivity index (χ3n) is 6.27. The molecule has 174 valence electrons. The molecule has 0 amide bonds. The van der Waals surface area contributed by atoms with Crippen LogP contribution in [0.4, 0.5) is 5.13 Å². The molecule has 0 unspecified atom stereocenters. The van der Waals surface area contributed by atoms with Crippen molar-refractivity contribution in [1.82, 2.24) is 9.29 Å². The molecule has 6 nitrogen and oxygen atoms in total. The smallest absolute Gasteiger partial charge is 0.243 e. The summed E-state index contributed by atoms with van der Waals surface area (Å²) in [4.78, 5) is 18.2. The lowest BCUT2D eigenvalue weighted by atomic mass is 10.0. The lowest BCUT2D eigenvalue weighted by molar-refractivity contribution is 0.104. The second kappa shape index (κ2) is 9.29. The normalized spacial score (nSPS) is 15.4. The highest BCUT2D eigenvalue weighted by Gasteiger charge is 2.30. The number of hydrogen-bond donors (Lipinski definition) is 1. The van der Waals surface area contributed by atoms with Crippen LogP contribution in [-0.2, 0) is 10.0 Å². The van der Waals surface area contributed by atoms with E-state index in [4.69, 9.17) is 0 Å². The molecule has 2 heterocycles. The standard InChI is InChI=1S/C26H25N3O3S2/c1-18-7-2-4-10-21(18)25(30)23-17-27-26(33-23)28-20-13-15-29(16-14-20)34(31,32)24-12-6-9-19-8-3-5-11-22(19)24/h2-12,17,20H,13-16H2,1H3,(H,27,28). The minimum atomic E-state index is -3.58. The monoisotopic (exact) mass is 491 g/mol. The van der Waals surface area contributed by atoms with Crippen LogP contribution in [-0.4, -0.2) is 42.6 Å². The molecule has 5 rings (SSSR count). The molecular weight excluding hydrogens is 466 g/mol. The minimum absolute atomic E-state index is 0.0281. The summed E-state index contributed by atoms with van der Waals surface area (Å²) < 4.78 is 28.3. The minimum Gasteiger partial charge on any atom is -0.359 e. The van der Waals surface area contributed by atoms with Gasteiger partial charge in [0.25, 0.3) is 0 Å². The summed E-state index contributed by atoms with van der Waals surface area (Å²) in [6.45, 7) is 2.79. The summed E-state index contributed by atoms with van der Waals surface area (Å²) in [5, 5.41) is 5.75. The first-order valence-electron chi connectivity index (χ1n) is 11.2. The Balaban J connectivity index is 1.25. The molecule has 1 fully saturated rings. The van der Waals surface area contributed by atoms with Crippen molar-refractivity contribution in [2.45, 2.75) is 30.7 Å². The van der Waals surface area contributed by atoms with Crippen molar-refractivity contribution >= 4 is 43.0 Å². The van der Waals surface area contributed by atoms with E-state index in [1.807, 2.05) is 61.5 Å². The fourth-order valence-corrected chi connectivity index (χ4v) is 6.91. The van der Waals surface area contributed by atoms with Crippen molar-refractivity contribution in [2.75, 3.05) is 18.4 Å². The molecule has 0 spiro atoms. The Morgan fingerprint density at radius 2 is 1.71 bits per heavy atom. The molecule has 0 bridgehead atoms. The third-order valence-corrected chi connectivity index (χ3v) is 9.15. The lowest BCUT2D eigenvalue weighted by Gasteiger charge is -2.31. The summed E-state index contributed by atoms with van der Waals surface area (Å²) in [5.74, 6) is -0.0281. The Morgan fingerprint density at radius 1 is 1.00 bits per heavy atom. The largest absolute Gasteiger partial charge is 0.359 e. The van der Waals surface area contributed by atoms with Crippen molar-refractivity contribution in [3.8, 4) is 0 Å². The molecule has 4 aromatic rings. The molecule has 0 radical (unpaired) electrons. The predicted octanol–water partition coefficient (Wildman–Crippen LogP) is 5.10. The van der Waals surface area contributed by atoms with E-state index >= 15 is 0 Å². The molecule has 1 saturated heterocycles. The quantitative estimate of drug-likeness (QED) is 0.380. The number of sulfonamides is 1. The fourth-order valence-electron chi connectivity index (χ4n) is 4.38. The number of aryl methyl sites for hydroxylation is 1. The van der Waals surface area contributed by atoms with Crippen LogP contribution in [0.5, 0.6) is 0 Å². The average molecular weight is 492 g/mol. The second-order valence-corrected chi connectivity index (χ2v) is 11.4. The maximum atomic E-state index is 13.4. The highest BCUT2D eigenvalue weighted by molar-refractivity contribution is 7.89. The molecule has 1 N–H and O–H groups in total. The first-order valence-corrected chi connectivity index (χ1v) is 13.5. The van der Waals surface area contributed by atoms with Gasteiger partial charge in [0, 0.05) is 30.1 Å². The van der Waals surface area contributed by atoms with Crippen LogP contribution in [0.1, 0.15) is 33.6 Å². The topological polar surface area (TPSA) is 79.4 Å². The van der Waals surface area contributed by atoms with Crippen LogP contribution < -0.4 is 5.32 Å². The summed E-state index contributed by atoms with van der Waals surface area (Å²) in [5.41, 5.74) is 1.62. The van der Waals surface area contributed by atoms with Crippen LogP contribution >= 0.6 is 11.3 Å². The number of benzene rings is 3. The zero-order valence-electron chi connectivity index (χ0n) is 18.8. The molecule has 0 saturated carbocycles. The Morgan fingerprint density at radius 3 is 2.50 bits per heavy atom. The number of aromatic nitrogens is 1. The van der Waals surface area contributed by atoms with E-state index in [2.05, 4.69) is 10.3 Å². The van der Waals surface area contributed by atoms with Gasteiger partial charge in [-0.05, 0) is 36.8 Å². The zero-order valence-corrected chi connectivity index (χ0v) is 20.4. The SMILES string of the molecule is Cc1ccccc1C(=O)c1cnc(NC2CCN(S(=O)(=O)c3cccc4ccccc34)CC2)s1. The predicted molar refractivity (Wildman–Crippen MR) is 136 cm³/mol. The number of hydrogen-bond acceptors (Lipinski definition) is 6. The van der Waals surface area contributed by atoms with Gasteiger partial charge in [0.2, 0.25) is 15.8 Å². The summed E-state index contributed by atoms with van der Waals surface area (Å²) >= 11 is 1.34. The average Bonchev–Trinajstić information content (AvgIpc) is 3.32. The number of piperidine rings is 1. The van der Waals surface area contributed by atoms with Gasteiger partial charge in [0.05, 0.1) is 16.0 Å². The van der Waals surface area contributed by atoms with Gasteiger partial charge in [-0.1, -0.05) is 72.0 Å². The number of carbonyl (C=O) groups excluding carboxylic acids is 1. The second-order valence-electron chi connectivity index (χ2n) is 8.47. The van der Waals surface area contributed by atoms with Crippen LogP contribution in [0.2, 0.25) is 0 Å². The van der Waals surface area contributed by atoms with Gasteiger partial charge >= 0.3 is 0 Å². The van der Waals surface area contributed by atoms with E-state index < -0.39 is 10.0 Å². The number of anilines is 1. The Labute approximate surface area is 203 Å². The van der Waals surface area contributed by atoms with Crippen LogP contribution in [0, 0.1) is 6.92 Å². The third kappa shape index (κ3) is 4.36. The highest BCUT2D eigenvalue weighted by atomic mass is 32.2. The van der Waals surface area contributed by atoms with Gasteiger partial charge < -0.3 is 5.32 Å². The van der Waals surface area contributed by atoms with Gasteiger partial charge in [-0.25, -0.2) is 13.4 Å². The summed E-state index contributed by atoms with van der Waals surface area (Å²) in [6.07, 6.45) is 2.96. The number of ketones is 1. The van der Waals surface area contributed by atoms with Crippen LogP contribution in [0.25, 0.3) is 10.8 Å². The van der Waals surface area contributed by atoms with Crippen LogP contribution in [0.15, 0.2) is 77.8 Å². The number of nitrogens with one attached hydrogen (secondary N) is 1. The van der Waals surface area contributed by atoms with Gasteiger partial charge in [-0.2, -0.15) is 4.31 Å². The summed E-state index contributed by atoms with van der Waals surface area (Å²) in [7, 11) is -3.58. The van der Waals surface area contributed by atoms with Crippen molar-refractivity contribution in [2.24, 2.45) is 0 Å². The summed E-state index contributed by atoms with van der Waals surface area (Å²) in [6, 6.07) is 20.6. The lowest BCUT2D eigenvalue weighted by Crippen LogP contribution is -2.42. The molecule has 0 aliphatic carbocycles. The number of rotatable bonds is 6. The molecule has 1 aliphatic rings. The maximum absolute atomic E-state index is 13.4. The van der Waals surface area contributed by atoms with Crippen molar-refractivity contribution in [1.29, 1.82) is 0 Å². The zero-order chi connectivity index (χ0) is 23.7. The van der Waals surface area contributed by atoms with Crippen molar-refractivity contribution < 1.29 is 13.2 Å². The Hall–Kier alpha value is -3.07. The first-order chi connectivity index (χ1) is 16.4. The van der Waals surface area contributed by atoms with E-state index in [1.165, 1.54) is 11.3 Å². The number of carbonyl (C=O) groups is 1. The Bertz CT molecular complexity index is 1450. The van der Waals surface area contributed by atoms with Crippen molar-refractivity contribution in [3.63, 3.8) is 0 Å². The first kappa shape index (κ1) is 22.7. The Kier molecular flexibility index (Phi) is 6.20.